The summed E-state index contributed by atoms with van der Waals surface area (Å²) in [4.78, 5) is 0. The molecular formula is C8H9BrClF2N. The highest BCUT2D eigenvalue weighted by molar-refractivity contribution is 9.10. The minimum absolute atomic E-state index is 0. The van der Waals surface area contributed by atoms with Crippen LogP contribution in [0.3, 0.4) is 0 Å². The highest BCUT2D eigenvalue weighted by atomic mass is 79.9. The number of halogens is 4. The molecule has 1 rings (SSSR count). The van der Waals surface area contributed by atoms with Crippen LogP contribution in [-0.4, -0.2) is 6.67 Å². The summed E-state index contributed by atoms with van der Waals surface area (Å²) in [7, 11) is 0. The molecule has 0 heterocycles. The van der Waals surface area contributed by atoms with Gasteiger partial charge in [-0.2, -0.15) is 0 Å². The first kappa shape index (κ1) is 12.8. The molecule has 2 N–H and O–H groups in total. The lowest BCUT2D eigenvalue weighted by molar-refractivity contribution is 0.436. The summed E-state index contributed by atoms with van der Waals surface area (Å²) in [5.41, 5.74) is 5.83. The Kier molecular flexibility index (Phi) is 5.44. The van der Waals surface area contributed by atoms with Crippen LogP contribution in [-0.2, 0) is 0 Å². The van der Waals surface area contributed by atoms with Crippen LogP contribution in [0.4, 0.5) is 8.78 Å². The van der Waals surface area contributed by atoms with E-state index in [1.165, 1.54) is 12.1 Å². The molecule has 0 aliphatic rings. The summed E-state index contributed by atoms with van der Waals surface area (Å²) in [5, 5.41) is 0. The number of hydrogen-bond acceptors (Lipinski definition) is 1. The number of nitrogens with two attached hydrogens (primary N) is 1. The summed E-state index contributed by atoms with van der Waals surface area (Å²) in [6, 6.07) is 3.40. The number of rotatable bonds is 2. The predicted octanol–water partition coefficient (Wildman–Crippen LogP) is 2.98. The van der Waals surface area contributed by atoms with Gasteiger partial charge in [0.15, 0.2) is 0 Å². The molecule has 0 aromatic heterocycles. The van der Waals surface area contributed by atoms with Crippen LogP contribution in [0.2, 0.25) is 0 Å². The molecule has 1 nitrogen and oxygen atoms in total. The number of hydrogen-bond donors (Lipinski definition) is 1. The van der Waals surface area contributed by atoms with Gasteiger partial charge in [0.1, 0.15) is 12.5 Å². The Morgan fingerprint density at radius 1 is 1.38 bits per heavy atom. The van der Waals surface area contributed by atoms with Crippen LogP contribution in [0.15, 0.2) is 22.7 Å². The van der Waals surface area contributed by atoms with Crippen molar-refractivity contribution in [2.24, 2.45) is 5.73 Å². The molecule has 0 spiro atoms. The van der Waals surface area contributed by atoms with Crippen molar-refractivity contribution in [2.75, 3.05) is 6.67 Å². The Morgan fingerprint density at radius 2 is 2.00 bits per heavy atom. The molecule has 0 unspecified atom stereocenters. The van der Waals surface area contributed by atoms with Gasteiger partial charge >= 0.3 is 0 Å². The average Bonchev–Trinajstić information content (AvgIpc) is 2.01. The molecule has 74 valence electrons. The second-order valence-corrected chi connectivity index (χ2v) is 3.38. The smallest absolute Gasteiger partial charge is 0.124 e. The molecule has 0 bridgehead atoms. The maximum Gasteiger partial charge on any atom is 0.124 e. The minimum Gasteiger partial charge on any atom is -0.322 e. The van der Waals surface area contributed by atoms with E-state index < -0.39 is 18.5 Å². The quantitative estimate of drug-likeness (QED) is 0.880. The first-order chi connectivity index (χ1) is 5.63. The van der Waals surface area contributed by atoms with Crippen molar-refractivity contribution in [1.82, 2.24) is 0 Å². The Morgan fingerprint density at radius 3 is 2.46 bits per heavy atom. The van der Waals surface area contributed by atoms with E-state index in [1.807, 2.05) is 0 Å². The third-order valence-corrected chi connectivity index (χ3v) is 1.94. The Labute approximate surface area is 89.9 Å². The molecular weight excluding hydrogens is 263 g/mol. The topological polar surface area (TPSA) is 26.0 Å². The van der Waals surface area contributed by atoms with E-state index in [4.69, 9.17) is 5.73 Å². The molecule has 1 aromatic carbocycles. The van der Waals surface area contributed by atoms with Crippen molar-refractivity contribution in [2.45, 2.75) is 6.04 Å². The number of benzene rings is 1. The van der Waals surface area contributed by atoms with E-state index in [-0.39, 0.29) is 12.4 Å². The zero-order valence-electron chi connectivity index (χ0n) is 6.64. The largest absolute Gasteiger partial charge is 0.322 e. The van der Waals surface area contributed by atoms with Crippen molar-refractivity contribution in [3.63, 3.8) is 0 Å². The predicted molar refractivity (Wildman–Crippen MR) is 54.3 cm³/mol. The molecule has 0 saturated carbocycles. The second-order valence-electron chi connectivity index (χ2n) is 2.46. The third kappa shape index (κ3) is 3.58. The lowest BCUT2D eigenvalue weighted by Crippen LogP contribution is -2.12. The number of alkyl halides is 1. The minimum atomic E-state index is -0.739. The molecule has 1 aromatic rings. The molecule has 0 saturated heterocycles. The first-order valence-electron chi connectivity index (χ1n) is 3.41. The van der Waals surface area contributed by atoms with Gasteiger partial charge < -0.3 is 5.73 Å². The fraction of sp³-hybridized carbons (Fsp3) is 0.250. The molecule has 0 amide bonds. The van der Waals surface area contributed by atoms with Gasteiger partial charge in [-0.05, 0) is 23.8 Å². The summed E-state index contributed by atoms with van der Waals surface area (Å²) in [6.07, 6.45) is 0. The van der Waals surface area contributed by atoms with Gasteiger partial charge in [-0.25, -0.2) is 8.78 Å². The lowest BCUT2D eigenvalue weighted by atomic mass is 10.1. The fourth-order valence-electron chi connectivity index (χ4n) is 0.878. The first-order valence-corrected chi connectivity index (χ1v) is 4.20. The molecule has 0 aliphatic heterocycles. The van der Waals surface area contributed by atoms with Crippen LogP contribution < -0.4 is 5.73 Å². The Hall–Kier alpha value is -0.190. The summed E-state index contributed by atoms with van der Waals surface area (Å²) >= 11 is 3.09. The van der Waals surface area contributed by atoms with Crippen molar-refractivity contribution < 1.29 is 8.78 Å². The molecule has 0 fully saturated rings. The van der Waals surface area contributed by atoms with Crippen LogP contribution in [0.25, 0.3) is 0 Å². The molecule has 0 radical (unpaired) electrons. The monoisotopic (exact) mass is 271 g/mol. The van der Waals surface area contributed by atoms with Crippen molar-refractivity contribution in [1.29, 1.82) is 0 Å². The van der Waals surface area contributed by atoms with Crippen molar-refractivity contribution in [3.05, 3.63) is 34.1 Å². The molecule has 5 heteroatoms. The van der Waals surface area contributed by atoms with Gasteiger partial charge in [0.2, 0.25) is 0 Å². The normalized spacial score (nSPS) is 12.0. The second kappa shape index (κ2) is 5.52. The van der Waals surface area contributed by atoms with Crippen LogP contribution in [0.5, 0.6) is 0 Å². The van der Waals surface area contributed by atoms with Gasteiger partial charge in [0.25, 0.3) is 0 Å². The average molecular weight is 273 g/mol. The Balaban J connectivity index is 0.00000144. The Bertz CT molecular complexity index is 263. The van der Waals surface area contributed by atoms with Gasteiger partial charge in [0.05, 0.1) is 6.04 Å². The standard InChI is InChI=1S/C8H8BrF2N.ClH/c9-6-1-5(8(12)4-10)2-7(11)3-6;/h1-3,8H,4,12H2;1H/t8-;/m1./s1. The van der Waals surface area contributed by atoms with E-state index in [2.05, 4.69) is 15.9 Å². The molecule has 1 atom stereocenters. The molecule has 13 heavy (non-hydrogen) atoms. The van der Waals surface area contributed by atoms with E-state index in [0.717, 1.165) is 0 Å². The van der Waals surface area contributed by atoms with Gasteiger partial charge in [-0.1, -0.05) is 15.9 Å². The zero-order chi connectivity index (χ0) is 9.14. The van der Waals surface area contributed by atoms with Gasteiger partial charge in [0, 0.05) is 4.47 Å². The van der Waals surface area contributed by atoms with E-state index in [0.29, 0.717) is 10.0 Å². The van der Waals surface area contributed by atoms with Crippen LogP contribution >= 0.6 is 28.3 Å². The highest BCUT2D eigenvalue weighted by Gasteiger charge is 2.07. The van der Waals surface area contributed by atoms with Gasteiger partial charge in [-0.3, -0.25) is 0 Å². The molecule has 0 aliphatic carbocycles. The fourth-order valence-corrected chi connectivity index (χ4v) is 1.36. The zero-order valence-corrected chi connectivity index (χ0v) is 9.04. The van der Waals surface area contributed by atoms with E-state index in [9.17, 15) is 8.78 Å². The maximum absolute atomic E-state index is 12.7. The van der Waals surface area contributed by atoms with E-state index >= 15 is 0 Å². The summed E-state index contributed by atoms with van der Waals surface area (Å²) < 4.78 is 25.4. The third-order valence-electron chi connectivity index (χ3n) is 1.48. The highest BCUT2D eigenvalue weighted by Crippen LogP contribution is 2.19. The lowest BCUT2D eigenvalue weighted by Gasteiger charge is -2.07. The summed E-state index contributed by atoms with van der Waals surface area (Å²) in [5.74, 6) is -0.414. The van der Waals surface area contributed by atoms with E-state index in [1.54, 1.807) is 6.07 Å². The SMILES string of the molecule is Cl.N[C@H](CF)c1cc(F)cc(Br)c1. The maximum atomic E-state index is 12.7. The van der Waals surface area contributed by atoms with Crippen LogP contribution in [0.1, 0.15) is 11.6 Å². The summed E-state index contributed by atoms with van der Waals surface area (Å²) in [6.45, 7) is -0.685. The van der Waals surface area contributed by atoms with Crippen LogP contribution in [0, 0.1) is 5.82 Å². The van der Waals surface area contributed by atoms with Crippen molar-refractivity contribution >= 4 is 28.3 Å². The van der Waals surface area contributed by atoms with Crippen molar-refractivity contribution in [3.8, 4) is 0 Å². The van der Waals surface area contributed by atoms with Gasteiger partial charge in [-0.15, -0.1) is 12.4 Å².